The van der Waals surface area contributed by atoms with Gasteiger partial charge in [-0.25, -0.2) is 0 Å². The van der Waals surface area contributed by atoms with Gasteiger partial charge in [-0.15, -0.1) is 0 Å². The van der Waals surface area contributed by atoms with Crippen LogP contribution in [0.25, 0.3) is 0 Å². The highest BCUT2D eigenvalue weighted by atomic mass is 31.1. The van der Waals surface area contributed by atoms with Crippen molar-refractivity contribution in [3.05, 3.63) is 121 Å². The van der Waals surface area contributed by atoms with Crippen LogP contribution in [0.1, 0.15) is 45.4 Å². The summed E-state index contributed by atoms with van der Waals surface area (Å²) in [6, 6.07) is 45.4. The van der Waals surface area contributed by atoms with Gasteiger partial charge in [-0.1, -0.05) is 163 Å². The second kappa shape index (κ2) is 17.8. The number of rotatable bonds is 17. The van der Waals surface area contributed by atoms with Gasteiger partial charge in [0.25, 0.3) is 0 Å². The molecule has 0 saturated heterocycles. The zero-order chi connectivity index (χ0) is 27.0. The zero-order valence-corrected chi connectivity index (χ0v) is 26.4. The van der Waals surface area contributed by atoms with Gasteiger partial charge in [-0.05, 0) is 79.2 Å². The Balaban J connectivity index is 1.39. The summed E-state index contributed by atoms with van der Waals surface area (Å²) in [5.74, 6) is 0. The topological polar surface area (TPSA) is 0 Å². The number of hydrogen-bond donors (Lipinski definition) is 0. The van der Waals surface area contributed by atoms with Crippen molar-refractivity contribution in [2.24, 2.45) is 0 Å². The molecular weight excluding hydrogens is 525 g/mol. The highest BCUT2D eigenvalue weighted by molar-refractivity contribution is 7.73. The van der Waals surface area contributed by atoms with Gasteiger partial charge in [0.1, 0.15) is 0 Å². The average molecular weight is 571 g/mol. The van der Waals surface area contributed by atoms with Crippen LogP contribution in [0.2, 0.25) is 0 Å². The number of hydrogen-bond acceptors (Lipinski definition) is 0. The summed E-state index contributed by atoms with van der Waals surface area (Å²) >= 11 is 0. The highest BCUT2D eigenvalue weighted by Crippen LogP contribution is 2.43. The fraction of sp³-hybridized carbons (Fsp3) is 0.333. The fourth-order valence-corrected chi connectivity index (χ4v) is 13.0. The molecule has 0 N–H and O–H groups in total. The van der Waals surface area contributed by atoms with Gasteiger partial charge in [0.2, 0.25) is 0 Å². The number of unbranched alkanes of at least 4 members (excludes halogenated alkanes) is 3. The van der Waals surface area contributed by atoms with Crippen molar-refractivity contribution >= 4 is 45.0 Å². The molecule has 0 spiro atoms. The van der Waals surface area contributed by atoms with Crippen LogP contribution in [0, 0.1) is 0 Å². The maximum atomic E-state index is 2.40. The Labute approximate surface area is 241 Å². The molecule has 4 aromatic carbocycles. The lowest BCUT2D eigenvalue weighted by atomic mass is 10.2. The van der Waals surface area contributed by atoms with Crippen molar-refractivity contribution in [1.82, 2.24) is 0 Å². The highest BCUT2D eigenvalue weighted by Gasteiger charge is 2.17. The monoisotopic (exact) mass is 570 g/mol. The van der Waals surface area contributed by atoms with Crippen LogP contribution in [0.15, 0.2) is 121 Å². The largest absolute Gasteiger partial charge is 0.0753 e. The second-order valence-electron chi connectivity index (χ2n) is 10.2. The molecule has 2 unspecified atom stereocenters. The molecule has 0 aromatic heterocycles. The molecule has 0 fully saturated rings. The molecule has 0 saturated carbocycles. The first-order valence-corrected chi connectivity index (χ1v) is 19.8. The minimum absolute atomic E-state index is 0.0422. The van der Waals surface area contributed by atoms with Gasteiger partial charge in [0.15, 0.2) is 0 Å². The number of benzene rings is 4. The van der Waals surface area contributed by atoms with Gasteiger partial charge >= 0.3 is 0 Å². The van der Waals surface area contributed by atoms with Crippen LogP contribution in [-0.2, 0) is 0 Å². The first kappa shape index (κ1) is 30.1. The average Bonchev–Trinajstić information content (AvgIpc) is 3.01. The van der Waals surface area contributed by atoms with E-state index >= 15 is 0 Å². The smallest absolute Gasteiger partial charge is 0.0195 e. The molecule has 39 heavy (non-hydrogen) atoms. The van der Waals surface area contributed by atoms with Crippen molar-refractivity contribution in [3.63, 3.8) is 0 Å². The summed E-state index contributed by atoms with van der Waals surface area (Å²) in [6.07, 6.45) is 14.9. The van der Waals surface area contributed by atoms with E-state index in [0.717, 1.165) is 0 Å². The third kappa shape index (κ3) is 10.3. The molecule has 0 aliphatic heterocycles. The Morgan fingerprint density at radius 3 is 1.13 bits per heavy atom. The zero-order valence-electron chi connectivity index (χ0n) is 23.7. The van der Waals surface area contributed by atoms with E-state index in [4.69, 9.17) is 0 Å². The van der Waals surface area contributed by atoms with Crippen LogP contribution in [0.3, 0.4) is 0 Å². The fourth-order valence-electron chi connectivity index (χ4n) is 5.24. The Morgan fingerprint density at radius 2 is 0.718 bits per heavy atom. The first-order chi connectivity index (χ1) is 19.3. The maximum Gasteiger partial charge on any atom is -0.0195 e. The lowest BCUT2D eigenvalue weighted by Gasteiger charge is -2.23. The van der Waals surface area contributed by atoms with Crippen LogP contribution < -0.4 is 21.2 Å². The Bertz CT molecular complexity index is 1110. The quantitative estimate of drug-likeness (QED) is 0.0877. The summed E-state index contributed by atoms with van der Waals surface area (Å²) in [6.45, 7) is 2.31. The summed E-state index contributed by atoms with van der Waals surface area (Å²) in [5.41, 5.74) is 0. The van der Waals surface area contributed by atoms with Gasteiger partial charge in [-0.3, -0.25) is 0 Å². The third-order valence-corrected chi connectivity index (χ3v) is 15.4. The van der Waals surface area contributed by atoms with Gasteiger partial charge in [0, 0.05) is 0 Å². The first-order valence-electron chi connectivity index (χ1n) is 14.8. The molecule has 0 radical (unpaired) electrons. The van der Waals surface area contributed by atoms with E-state index in [0.29, 0.717) is 0 Å². The molecule has 0 amide bonds. The third-order valence-electron chi connectivity index (χ3n) is 7.33. The van der Waals surface area contributed by atoms with E-state index < -0.39 is 0 Å². The van der Waals surface area contributed by atoms with Crippen LogP contribution in [0.4, 0.5) is 0 Å². The van der Waals surface area contributed by atoms with Gasteiger partial charge in [-0.2, -0.15) is 0 Å². The van der Waals surface area contributed by atoms with Crippen molar-refractivity contribution in [3.8, 4) is 0 Å². The van der Waals surface area contributed by atoms with E-state index in [1.165, 1.54) is 79.9 Å². The summed E-state index contributed by atoms with van der Waals surface area (Å²) in [4.78, 5) is 0. The van der Waals surface area contributed by atoms with Crippen LogP contribution >= 0.6 is 23.8 Å². The van der Waals surface area contributed by atoms with Crippen molar-refractivity contribution in [2.45, 2.75) is 45.4 Å². The maximum absolute atomic E-state index is 2.40. The van der Waals surface area contributed by atoms with Crippen molar-refractivity contribution in [2.75, 3.05) is 30.8 Å². The van der Waals surface area contributed by atoms with Crippen LogP contribution in [0.5, 0.6) is 0 Å². The van der Waals surface area contributed by atoms with Gasteiger partial charge < -0.3 is 0 Å². The summed E-state index contributed by atoms with van der Waals surface area (Å²) < 4.78 is 0. The molecule has 3 heteroatoms. The van der Waals surface area contributed by atoms with E-state index in [1.807, 2.05) is 0 Å². The molecule has 0 aliphatic carbocycles. The van der Waals surface area contributed by atoms with E-state index in [-0.39, 0.29) is 23.8 Å². The van der Waals surface area contributed by atoms with Crippen molar-refractivity contribution < 1.29 is 0 Å². The molecule has 4 rings (SSSR count). The Morgan fingerprint density at radius 1 is 0.359 bits per heavy atom. The minimum Gasteiger partial charge on any atom is -0.0753 e. The SMILES string of the molecule is CCCCCCP(CCCP(CCCP(c1ccccc1)c1ccccc1)c1ccccc1)c1ccccc1. The summed E-state index contributed by atoms with van der Waals surface area (Å²) in [5, 5.41) is 6.24. The van der Waals surface area contributed by atoms with Crippen molar-refractivity contribution in [1.29, 1.82) is 0 Å². The molecule has 2 atom stereocenters. The Hall–Kier alpha value is -1.83. The molecule has 0 bridgehead atoms. The predicted octanol–water partition coefficient (Wildman–Crippen LogP) is 9.09. The van der Waals surface area contributed by atoms with E-state index in [2.05, 4.69) is 128 Å². The predicted molar refractivity (Wildman–Crippen MR) is 183 cm³/mol. The normalized spacial score (nSPS) is 12.9. The summed E-state index contributed by atoms with van der Waals surface area (Å²) in [7, 11) is -0.464. The van der Waals surface area contributed by atoms with Crippen LogP contribution in [-0.4, -0.2) is 30.8 Å². The molecule has 204 valence electrons. The molecule has 0 nitrogen and oxygen atoms in total. The molecule has 0 heterocycles. The standard InChI is InChI=1S/C36H45P3/c1-2-3-4-17-28-37(33-20-9-5-10-21-33)29-18-30-38(34-22-11-6-12-23-34)31-19-32-39(35-24-13-7-14-25-35)36-26-15-8-16-27-36/h5-16,20-27H,2-4,17-19,28-32H2,1H3. The molecular formula is C36H45P3. The molecule has 0 aliphatic rings. The van der Waals surface area contributed by atoms with E-state index in [9.17, 15) is 0 Å². The second-order valence-corrected chi connectivity index (χ2v) is 17.6. The minimum atomic E-state index is -0.301. The molecule has 4 aromatic rings. The lowest BCUT2D eigenvalue weighted by Crippen LogP contribution is -2.15. The van der Waals surface area contributed by atoms with Gasteiger partial charge in [0.05, 0.1) is 0 Å². The lowest BCUT2D eigenvalue weighted by molar-refractivity contribution is 0.705. The Kier molecular flexibility index (Phi) is 13.7. The van der Waals surface area contributed by atoms with E-state index in [1.54, 1.807) is 10.6 Å².